The molecule has 1 aliphatic heterocycles. The summed E-state index contributed by atoms with van der Waals surface area (Å²) in [4.78, 5) is 15.1. The number of hydrogen-bond donors (Lipinski definition) is 4. The van der Waals surface area contributed by atoms with Crippen molar-refractivity contribution in [1.29, 1.82) is 0 Å². The molecule has 0 unspecified atom stereocenters. The van der Waals surface area contributed by atoms with Crippen LogP contribution in [0.4, 0.5) is 11.6 Å². The second-order valence-corrected chi connectivity index (χ2v) is 11.1. The van der Waals surface area contributed by atoms with Gasteiger partial charge in [-0.3, -0.25) is 4.90 Å². The molecule has 2 aromatic heterocycles. The topological polar surface area (TPSA) is 89.1 Å². The van der Waals surface area contributed by atoms with E-state index in [9.17, 15) is 5.11 Å². The highest BCUT2D eigenvalue weighted by Crippen LogP contribution is 2.42. The largest absolute Gasteiger partial charge is 0.395 e. The quantitative estimate of drug-likeness (QED) is 0.264. The van der Waals surface area contributed by atoms with Gasteiger partial charge < -0.3 is 20.7 Å². The maximum Gasteiger partial charge on any atom is 0.227 e. The third-order valence-corrected chi connectivity index (χ3v) is 7.59. The van der Waals surface area contributed by atoms with Crippen LogP contribution in [0.3, 0.4) is 0 Å². The highest BCUT2D eigenvalue weighted by molar-refractivity contribution is 6.33. The Hall–Kier alpha value is -2.97. The van der Waals surface area contributed by atoms with Gasteiger partial charge in [-0.05, 0) is 67.5 Å². The van der Waals surface area contributed by atoms with Gasteiger partial charge in [0.05, 0.1) is 23.5 Å². The first-order valence-corrected chi connectivity index (χ1v) is 13.4. The van der Waals surface area contributed by atoms with Crippen molar-refractivity contribution in [3.8, 4) is 11.3 Å². The van der Waals surface area contributed by atoms with Crippen LogP contribution in [-0.4, -0.2) is 56.7 Å². The van der Waals surface area contributed by atoms with E-state index in [1.807, 2.05) is 6.20 Å². The number of nitrogens with one attached hydrogen (secondary N) is 3. The molecule has 2 atom stereocenters. The number of fused-ring (bicyclic) bond motifs is 1. The van der Waals surface area contributed by atoms with E-state index in [1.165, 1.54) is 29.5 Å². The third kappa shape index (κ3) is 5.36. The van der Waals surface area contributed by atoms with Crippen molar-refractivity contribution < 1.29 is 5.11 Å². The van der Waals surface area contributed by atoms with E-state index in [2.05, 4.69) is 75.7 Å². The SMILES string of the molecule is Cc1ccc2c(-c3nc(Nc4cc(CN5C[C@H](CO)N[C@H](C)C5)cc(C5CC5)c4)ncc3Cl)c[nH]c2c1. The van der Waals surface area contributed by atoms with Gasteiger partial charge in [0.15, 0.2) is 0 Å². The summed E-state index contributed by atoms with van der Waals surface area (Å²) in [6.07, 6.45) is 6.10. The number of piperazine rings is 1. The van der Waals surface area contributed by atoms with Crippen molar-refractivity contribution in [3.63, 3.8) is 0 Å². The van der Waals surface area contributed by atoms with E-state index < -0.39 is 0 Å². The van der Waals surface area contributed by atoms with Crippen LogP contribution in [0.5, 0.6) is 0 Å². The number of hydrogen-bond acceptors (Lipinski definition) is 6. The van der Waals surface area contributed by atoms with Gasteiger partial charge in [-0.2, -0.15) is 0 Å². The summed E-state index contributed by atoms with van der Waals surface area (Å²) in [6, 6.07) is 13.5. The van der Waals surface area contributed by atoms with Crippen LogP contribution in [0.15, 0.2) is 48.8 Å². The maximum atomic E-state index is 9.68. The Labute approximate surface area is 222 Å². The van der Waals surface area contributed by atoms with Crippen LogP contribution in [0.25, 0.3) is 22.2 Å². The predicted octanol–water partition coefficient (Wildman–Crippen LogP) is 5.36. The molecular formula is C29H33ClN6O. The normalized spacial score (nSPS) is 20.4. The van der Waals surface area contributed by atoms with E-state index in [0.717, 1.165) is 41.8 Å². The molecular weight excluding hydrogens is 484 g/mol. The second kappa shape index (κ2) is 10.1. The number of halogens is 1. The Kier molecular flexibility index (Phi) is 6.63. The molecule has 7 nitrogen and oxygen atoms in total. The van der Waals surface area contributed by atoms with Gasteiger partial charge in [-0.15, -0.1) is 0 Å². The Balaban J connectivity index is 1.28. The summed E-state index contributed by atoms with van der Waals surface area (Å²) in [5.74, 6) is 1.15. The van der Waals surface area contributed by atoms with Gasteiger partial charge in [-0.25, -0.2) is 9.97 Å². The minimum absolute atomic E-state index is 0.113. The minimum Gasteiger partial charge on any atom is -0.395 e. The summed E-state index contributed by atoms with van der Waals surface area (Å²) in [6.45, 7) is 7.05. The molecule has 0 amide bonds. The van der Waals surface area contributed by atoms with Gasteiger partial charge in [0.1, 0.15) is 0 Å². The van der Waals surface area contributed by atoms with Crippen molar-refractivity contribution in [3.05, 3.63) is 70.5 Å². The van der Waals surface area contributed by atoms with Crippen LogP contribution in [-0.2, 0) is 6.54 Å². The number of aliphatic hydroxyl groups excluding tert-OH is 1. The standard InChI is InChI=1S/C29H33ClN6O/c1-17-3-6-24-25(11-31-27(24)7-17)28-26(30)12-32-29(35-28)34-22-9-19(8-21(10-22)20-4-5-20)14-36-13-18(2)33-23(15-36)16-37/h3,6-12,18,20,23,31,33,37H,4-5,13-16H2,1-2H3,(H,32,34,35)/t18-,23-/m1/s1. The smallest absolute Gasteiger partial charge is 0.227 e. The predicted molar refractivity (Wildman–Crippen MR) is 150 cm³/mol. The average molecular weight is 517 g/mol. The molecule has 6 rings (SSSR count). The average Bonchev–Trinajstić information content (AvgIpc) is 3.65. The Bertz CT molecular complexity index is 1430. The van der Waals surface area contributed by atoms with Crippen molar-refractivity contribution >= 4 is 34.1 Å². The summed E-state index contributed by atoms with van der Waals surface area (Å²) in [5, 5.41) is 18.2. The highest BCUT2D eigenvalue weighted by Gasteiger charge is 2.26. The number of aryl methyl sites for hydroxylation is 1. The fourth-order valence-corrected chi connectivity index (χ4v) is 5.69. The van der Waals surface area contributed by atoms with Crippen molar-refractivity contribution in [2.24, 2.45) is 0 Å². The monoisotopic (exact) mass is 516 g/mol. The molecule has 1 aliphatic carbocycles. The molecule has 1 saturated heterocycles. The lowest BCUT2D eigenvalue weighted by molar-refractivity contribution is 0.119. The molecule has 192 valence electrons. The summed E-state index contributed by atoms with van der Waals surface area (Å²) >= 11 is 6.57. The molecule has 4 aromatic rings. The molecule has 2 fully saturated rings. The maximum absolute atomic E-state index is 9.68. The van der Waals surface area contributed by atoms with E-state index >= 15 is 0 Å². The zero-order valence-electron chi connectivity index (χ0n) is 21.3. The molecule has 0 bridgehead atoms. The first-order chi connectivity index (χ1) is 17.9. The molecule has 0 radical (unpaired) electrons. The zero-order valence-corrected chi connectivity index (χ0v) is 22.0. The van der Waals surface area contributed by atoms with E-state index in [-0.39, 0.29) is 12.6 Å². The summed E-state index contributed by atoms with van der Waals surface area (Å²) in [5.41, 5.74) is 7.55. The lowest BCUT2D eigenvalue weighted by atomic mass is 10.0. The Morgan fingerprint density at radius 3 is 2.84 bits per heavy atom. The molecule has 2 aliphatic rings. The number of aliphatic hydroxyl groups is 1. The van der Waals surface area contributed by atoms with Gasteiger partial charge in [0.25, 0.3) is 0 Å². The zero-order chi connectivity index (χ0) is 25.5. The molecule has 0 spiro atoms. The van der Waals surface area contributed by atoms with Gasteiger partial charge in [0.2, 0.25) is 5.95 Å². The fourth-order valence-electron chi connectivity index (χ4n) is 5.49. The van der Waals surface area contributed by atoms with Crippen molar-refractivity contribution in [2.45, 2.75) is 51.2 Å². The molecule has 8 heteroatoms. The van der Waals surface area contributed by atoms with Crippen molar-refractivity contribution in [1.82, 2.24) is 25.2 Å². The number of H-pyrrole nitrogens is 1. The van der Waals surface area contributed by atoms with E-state index in [1.54, 1.807) is 6.20 Å². The number of anilines is 2. The lowest BCUT2D eigenvalue weighted by Gasteiger charge is -2.37. The molecule has 37 heavy (non-hydrogen) atoms. The van der Waals surface area contributed by atoms with Crippen LogP contribution in [0.1, 0.15) is 42.4 Å². The van der Waals surface area contributed by atoms with Crippen LogP contribution >= 0.6 is 11.6 Å². The number of benzene rings is 2. The molecule has 3 heterocycles. The number of nitrogens with zero attached hydrogens (tertiary/aromatic N) is 3. The summed E-state index contributed by atoms with van der Waals surface area (Å²) in [7, 11) is 0. The third-order valence-electron chi connectivity index (χ3n) is 7.31. The number of aromatic nitrogens is 3. The first-order valence-electron chi connectivity index (χ1n) is 13.1. The van der Waals surface area contributed by atoms with Gasteiger partial charge in [-0.1, -0.05) is 29.8 Å². The second-order valence-electron chi connectivity index (χ2n) is 10.6. The Morgan fingerprint density at radius 2 is 2.03 bits per heavy atom. The first kappa shape index (κ1) is 24.4. The lowest BCUT2D eigenvalue weighted by Crippen LogP contribution is -2.56. The summed E-state index contributed by atoms with van der Waals surface area (Å²) < 4.78 is 0. The molecule has 1 saturated carbocycles. The van der Waals surface area contributed by atoms with E-state index in [4.69, 9.17) is 16.6 Å². The molecule has 4 N–H and O–H groups in total. The van der Waals surface area contributed by atoms with Crippen LogP contribution in [0.2, 0.25) is 5.02 Å². The highest BCUT2D eigenvalue weighted by atomic mass is 35.5. The fraction of sp³-hybridized carbons (Fsp3) is 0.379. The van der Waals surface area contributed by atoms with Crippen LogP contribution in [0, 0.1) is 6.92 Å². The molecule has 2 aromatic carbocycles. The number of aromatic amines is 1. The number of rotatable bonds is 7. The van der Waals surface area contributed by atoms with Gasteiger partial charge >= 0.3 is 0 Å². The minimum atomic E-state index is 0.113. The van der Waals surface area contributed by atoms with Crippen LogP contribution < -0.4 is 10.6 Å². The van der Waals surface area contributed by atoms with Gasteiger partial charge in [0, 0.05) is 60.1 Å². The van der Waals surface area contributed by atoms with E-state index in [0.29, 0.717) is 28.6 Å². The van der Waals surface area contributed by atoms with Crippen molar-refractivity contribution in [2.75, 3.05) is 25.0 Å². The Morgan fingerprint density at radius 1 is 1.16 bits per heavy atom.